The Morgan fingerprint density at radius 1 is 1.04 bits per heavy atom. The molecule has 0 atom stereocenters. The average molecular weight is 352 g/mol. The number of hydrogen-bond acceptors (Lipinski definition) is 5. The van der Waals surface area contributed by atoms with Gasteiger partial charge in [-0.15, -0.1) is 0 Å². The Kier molecular flexibility index (Phi) is 5.05. The number of anilines is 1. The Morgan fingerprint density at radius 3 is 2.17 bits per heavy atom. The molecule has 3 heterocycles. The van der Waals surface area contributed by atoms with Crippen molar-refractivity contribution < 1.29 is 13.2 Å². The summed E-state index contributed by atoms with van der Waals surface area (Å²) in [6, 6.07) is 3.99. The Bertz CT molecular complexity index is 664. The number of rotatable bonds is 3. The molecule has 0 spiro atoms. The van der Waals surface area contributed by atoms with E-state index in [9.17, 15) is 13.2 Å². The lowest BCUT2D eigenvalue weighted by Crippen LogP contribution is -2.52. The molecule has 0 bridgehead atoms. The molecule has 132 valence electrons. The van der Waals surface area contributed by atoms with E-state index in [0.29, 0.717) is 26.2 Å². The predicted octanol–water partition coefficient (Wildman–Crippen LogP) is 0.402. The zero-order chi connectivity index (χ0) is 17.2. The second kappa shape index (κ2) is 7.06. The van der Waals surface area contributed by atoms with E-state index in [4.69, 9.17) is 0 Å². The molecule has 0 saturated carbocycles. The summed E-state index contributed by atoms with van der Waals surface area (Å²) >= 11 is 0. The van der Waals surface area contributed by atoms with Gasteiger partial charge in [0.05, 0.1) is 6.26 Å². The normalized spacial score (nSPS) is 21.0. The van der Waals surface area contributed by atoms with Crippen LogP contribution < -0.4 is 4.90 Å². The van der Waals surface area contributed by atoms with Crippen molar-refractivity contribution in [2.75, 3.05) is 50.4 Å². The molecule has 2 fully saturated rings. The standard InChI is InChI=1S/C16H24N4O3S/c1-24(22,23)20-12-10-19(11-13-20)16(21)14-4-8-18(9-5-14)15-2-6-17-7-3-15/h2-3,6-7,14H,4-5,8-13H2,1H3. The highest BCUT2D eigenvalue weighted by atomic mass is 32.2. The molecular weight excluding hydrogens is 328 g/mol. The summed E-state index contributed by atoms with van der Waals surface area (Å²) in [4.78, 5) is 20.8. The molecule has 7 nitrogen and oxygen atoms in total. The van der Waals surface area contributed by atoms with E-state index >= 15 is 0 Å². The predicted molar refractivity (Wildman–Crippen MR) is 92.2 cm³/mol. The van der Waals surface area contributed by atoms with Gasteiger partial charge >= 0.3 is 0 Å². The van der Waals surface area contributed by atoms with Crippen LogP contribution in [0.4, 0.5) is 5.69 Å². The van der Waals surface area contributed by atoms with Crippen LogP contribution in [0.1, 0.15) is 12.8 Å². The van der Waals surface area contributed by atoms with Crippen LogP contribution in [0.5, 0.6) is 0 Å². The van der Waals surface area contributed by atoms with Crippen LogP contribution in [0.2, 0.25) is 0 Å². The molecule has 1 aromatic rings. The molecule has 2 saturated heterocycles. The fourth-order valence-corrected chi connectivity index (χ4v) is 4.26. The first-order chi connectivity index (χ1) is 11.4. The smallest absolute Gasteiger partial charge is 0.225 e. The lowest BCUT2D eigenvalue weighted by atomic mass is 9.94. The fourth-order valence-electron chi connectivity index (χ4n) is 3.44. The van der Waals surface area contributed by atoms with Gasteiger partial charge in [-0.05, 0) is 25.0 Å². The van der Waals surface area contributed by atoms with Crippen LogP contribution in [0.3, 0.4) is 0 Å². The first kappa shape index (κ1) is 17.2. The summed E-state index contributed by atoms with van der Waals surface area (Å²) in [6.07, 6.45) is 6.47. The molecule has 3 rings (SSSR count). The van der Waals surface area contributed by atoms with Crippen molar-refractivity contribution in [1.82, 2.24) is 14.2 Å². The van der Waals surface area contributed by atoms with Crippen molar-refractivity contribution in [2.24, 2.45) is 5.92 Å². The monoisotopic (exact) mass is 352 g/mol. The van der Waals surface area contributed by atoms with Crippen molar-refractivity contribution >= 4 is 21.6 Å². The van der Waals surface area contributed by atoms with Gasteiger partial charge in [-0.1, -0.05) is 0 Å². The topological polar surface area (TPSA) is 73.8 Å². The highest BCUT2D eigenvalue weighted by Crippen LogP contribution is 2.24. The molecule has 1 amide bonds. The number of hydrogen-bond donors (Lipinski definition) is 0. The first-order valence-electron chi connectivity index (χ1n) is 8.34. The van der Waals surface area contributed by atoms with Crippen LogP contribution in [0.25, 0.3) is 0 Å². The van der Waals surface area contributed by atoms with E-state index in [1.807, 2.05) is 17.0 Å². The molecule has 0 aromatic carbocycles. The highest BCUT2D eigenvalue weighted by Gasteiger charge is 2.32. The quantitative estimate of drug-likeness (QED) is 0.787. The minimum absolute atomic E-state index is 0.0490. The maximum absolute atomic E-state index is 12.7. The second-order valence-corrected chi connectivity index (χ2v) is 8.44. The Hall–Kier alpha value is -1.67. The van der Waals surface area contributed by atoms with Gasteiger partial charge in [0.25, 0.3) is 0 Å². The summed E-state index contributed by atoms with van der Waals surface area (Å²) in [7, 11) is -3.15. The lowest BCUT2D eigenvalue weighted by Gasteiger charge is -2.38. The van der Waals surface area contributed by atoms with Gasteiger partial charge < -0.3 is 9.80 Å². The van der Waals surface area contributed by atoms with E-state index in [0.717, 1.165) is 31.6 Å². The average Bonchev–Trinajstić information content (AvgIpc) is 2.61. The van der Waals surface area contributed by atoms with Gasteiger partial charge in [-0.2, -0.15) is 4.31 Å². The summed E-state index contributed by atoms with van der Waals surface area (Å²) < 4.78 is 24.5. The molecule has 1 aromatic heterocycles. The number of piperidine rings is 1. The summed E-state index contributed by atoms with van der Waals surface area (Å²) in [5.41, 5.74) is 1.15. The van der Waals surface area contributed by atoms with Gasteiger partial charge in [-0.3, -0.25) is 9.78 Å². The Morgan fingerprint density at radius 2 is 1.62 bits per heavy atom. The SMILES string of the molecule is CS(=O)(=O)N1CCN(C(=O)C2CCN(c3ccncc3)CC2)CC1. The molecule has 0 radical (unpaired) electrons. The van der Waals surface area contributed by atoms with Gasteiger partial charge in [-0.25, -0.2) is 8.42 Å². The molecule has 0 aliphatic carbocycles. The number of piperazine rings is 1. The van der Waals surface area contributed by atoms with Crippen LogP contribution in [0, 0.1) is 5.92 Å². The van der Waals surface area contributed by atoms with Crippen molar-refractivity contribution in [1.29, 1.82) is 0 Å². The van der Waals surface area contributed by atoms with E-state index in [2.05, 4.69) is 9.88 Å². The number of nitrogens with zero attached hydrogens (tertiary/aromatic N) is 4. The third-order valence-electron chi connectivity index (χ3n) is 4.89. The number of pyridine rings is 1. The maximum Gasteiger partial charge on any atom is 0.225 e. The third kappa shape index (κ3) is 3.87. The van der Waals surface area contributed by atoms with Gasteiger partial charge in [0.1, 0.15) is 0 Å². The zero-order valence-electron chi connectivity index (χ0n) is 14.0. The third-order valence-corrected chi connectivity index (χ3v) is 6.19. The van der Waals surface area contributed by atoms with E-state index in [1.54, 1.807) is 12.4 Å². The minimum Gasteiger partial charge on any atom is -0.371 e. The number of carbonyl (C=O) groups excluding carboxylic acids is 1. The summed E-state index contributed by atoms with van der Waals surface area (Å²) in [5.74, 6) is 0.227. The van der Waals surface area contributed by atoms with Crippen LogP contribution in [-0.2, 0) is 14.8 Å². The number of amides is 1. The minimum atomic E-state index is -3.15. The van der Waals surface area contributed by atoms with Crippen molar-refractivity contribution in [3.8, 4) is 0 Å². The molecule has 0 N–H and O–H groups in total. The van der Waals surface area contributed by atoms with Crippen molar-refractivity contribution in [3.05, 3.63) is 24.5 Å². The lowest BCUT2D eigenvalue weighted by molar-refractivity contribution is -0.137. The van der Waals surface area contributed by atoms with Crippen molar-refractivity contribution in [3.63, 3.8) is 0 Å². The molecule has 0 unspecified atom stereocenters. The summed E-state index contributed by atoms with van der Waals surface area (Å²) in [6.45, 7) is 3.53. The number of carbonyl (C=O) groups is 1. The van der Waals surface area contributed by atoms with E-state index in [-0.39, 0.29) is 11.8 Å². The van der Waals surface area contributed by atoms with Crippen LogP contribution in [0.15, 0.2) is 24.5 Å². The second-order valence-electron chi connectivity index (χ2n) is 6.45. The molecular formula is C16H24N4O3S. The van der Waals surface area contributed by atoms with Crippen molar-refractivity contribution in [2.45, 2.75) is 12.8 Å². The maximum atomic E-state index is 12.7. The number of sulfonamides is 1. The Labute approximate surface area is 143 Å². The molecule has 24 heavy (non-hydrogen) atoms. The summed E-state index contributed by atoms with van der Waals surface area (Å²) in [5, 5.41) is 0. The number of aromatic nitrogens is 1. The van der Waals surface area contributed by atoms with E-state index < -0.39 is 10.0 Å². The molecule has 8 heteroatoms. The van der Waals surface area contributed by atoms with Gasteiger partial charge in [0.2, 0.25) is 15.9 Å². The zero-order valence-corrected chi connectivity index (χ0v) is 14.8. The Balaban J connectivity index is 1.51. The molecule has 2 aliphatic rings. The van der Waals surface area contributed by atoms with E-state index in [1.165, 1.54) is 10.6 Å². The van der Waals surface area contributed by atoms with Crippen LogP contribution in [-0.4, -0.2) is 74.0 Å². The first-order valence-corrected chi connectivity index (χ1v) is 10.2. The fraction of sp³-hybridized carbons (Fsp3) is 0.625. The van der Waals surface area contributed by atoms with Crippen LogP contribution >= 0.6 is 0 Å². The highest BCUT2D eigenvalue weighted by molar-refractivity contribution is 7.88. The van der Waals surface area contributed by atoms with Gasteiger partial charge in [0, 0.05) is 63.3 Å². The molecule has 2 aliphatic heterocycles. The van der Waals surface area contributed by atoms with Gasteiger partial charge in [0.15, 0.2) is 0 Å². The largest absolute Gasteiger partial charge is 0.371 e.